The highest BCUT2D eigenvalue weighted by atomic mass is 19.1. The molecule has 1 aliphatic carbocycles. The molecule has 3 nitrogen and oxygen atoms in total. The minimum absolute atomic E-state index is 0.163. The summed E-state index contributed by atoms with van der Waals surface area (Å²) in [5, 5.41) is 3.00. The van der Waals surface area contributed by atoms with Gasteiger partial charge < -0.3 is 10.2 Å². The molecule has 1 aromatic heterocycles. The van der Waals surface area contributed by atoms with Gasteiger partial charge in [0, 0.05) is 30.9 Å². The Labute approximate surface area is 115 Å². The van der Waals surface area contributed by atoms with Gasteiger partial charge in [-0.05, 0) is 32.9 Å². The van der Waals surface area contributed by atoms with Crippen molar-refractivity contribution in [2.24, 2.45) is 0 Å². The van der Waals surface area contributed by atoms with E-state index in [0.29, 0.717) is 24.0 Å². The number of nitrogens with one attached hydrogen (secondary N) is 1. The van der Waals surface area contributed by atoms with E-state index < -0.39 is 0 Å². The van der Waals surface area contributed by atoms with Crippen LogP contribution in [0.1, 0.15) is 44.6 Å². The summed E-state index contributed by atoms with van der Waals surface area (Å²) >= 11 is 0. The van der Waals surface area contributed by atoms with E-state index in [1.807, 2.05) is 7.05 Å². The molecule has 1 saturated carbocycles. The van der Waals surface area contributed by atoms with E-state index >= 15 is 0 Å². The molecule has 0 radical (unpaired) electrons. The Bertz CT molecular complexity index is 402. The molecule has 0 aliphatic heterocycles. The molecule has 0 aromatic carbocycles. The van der Waals surface area contributed by atoms with Gasteiger partial charge >= 0.3 is 0 Å². The second-order valence-corrected chi connectivity index (χ2v) is 5.22. The summed E-state index contributed by atoms with van der Waals surface area (Å²) in [6.45, 7) is 3.45. The van der Waals surface area contributed by atoms with Crippen LogP contribution in [0, 0.1) is 5.82 Å². The molecule has 1 N–H and O–H groups in total. The van der Waals surface area contributed by atoms with Gasteiger partial charge in [-0.2, -0.15) is 0 Å². The molecule has 1 fully saturated rings. The Kier molecular flexibility index (Phi) is 5.14. The molecule has 0 atom stereocenters. The summed E-state index contributed by atoms with van der Waals surface area (Å²) in [4.78, 5) is 6.44. The lowest BCUT2D eigenvalue weighted by Gasteiger charge is -2.34. The Hall–Kier alpha value is -1.16. The smallest absolute Gasteiger partial charge is 0.170 e. The van der Waals surface area contributed by atoms with Crippen molar-refractivity contribution >= 4 is 5.82 Å². The number of rotatable bonds is 5. The molecular formula is C15H24FN3. The molecule has 19 heavy (non-hydrogen) atoms. The SMILES string of the molecule is CCN(c1nccc(CNC)c1F)C1CCCCC1. The van der Waals surface area contributed by atoms with Crippen LogP contribution in [-0.4, -0.2) is 24.6 Å². The van der Waals surface area contributed by atoms with Gasteiger partial charge in [0.1, 0.15) is 0 Å². The highest BCUT2D eigenvalue weighted by Gasteiger charge is 2.24. The Morgan fingerprint density at radius 2 is 2.11 bits per heavy atom. The Morgan fingerprint density at radius 3 is 2.74 bits per heavy atom. The number of aromatic nitrogens is 1. The van der Waals surface area contributed by atoms with Gasteiger partial charge in [-0.25, -0.2) is 9.37 Å². The zero-order valence-electron chi connectivity index (χ0n) is 12.0. The van der Waals surface area contributed by atoms with Crippen molar-refractivity contribution < 1.29 is 4.39 Å². The van der Waals surface area contributed by atoms with Gasteiger partial charge in [0.25, 0.3) is 0 Å². The van der Waals surface area contributed by atoms with Crippen molar-refractivity contribution in [1.29, 1.82) is 0 Å². The lowest BCUT2D eigenvalue weighted by Crippen LogP contribution is -2.38. The summed E-state index contributed by atoms with van der Waals surface area (Å²) < 4.78 is 14.5. The van der Waals surface area contributed by atoms with Gasteiger partial charge in [0.2, 0.25) is 0 Å². The molecule has 0 spiro atoms. The molecule has 0 saturated heterocycles. The lowest BCUT2D eigenvalue weighted by molar-refractivity contribution is 0.411. The van der Waals surface area contributed by atoms with Crippen LogP contribution in [0.3, 0.4) is 0 Å². The average Bonchev–Trinajstić information content (AvgIpc) is 2.45. The van der Waals surface area contributed by atoms with Crippen LogP contribution >= 0.6 is 0 Å². The third-order valence-electron chi connectivity index (χ3n) is 3.95. The second-order valence-electron chi connectivity index (χ2n) is 5.22. The van der Waals surface area contributed by atoms with Gasteiger partial charge in [-0.15, -0.1) is 0 Å². The number of nitrogens with zero attached hydrogens (tertiary/aromatic N) is 2. The summed E-state index contributed by atoms with van der Waals surface area (Å²) in [5.74, 6) is 0.367. The normalized spacial score (nSPS) is 16.6. The maximum absolute atomic E-state index is 14.5. The van der Waals surface area contributed by atoms with Crippen LogP contribution in [-0.2, 0) is 6.54 Å². The fourth-order valence-corrected chi connectivity index (χ4v) is 2.97. The second kappa shape index (κ2) is 6.85. The topological polar surface area (TPSA) is 28.2 Å². The predicted molar refractivity (Wildman–Crippen MR) is 76.9 cm³/mol. The Balaban J connectivity index is 2.24. The van der Waals surface area contributed by atoms with E-state index in [2.05, 4.69) is 22.1 Å². The molecular weight excluding hydrogens is 241 g/mol. The molecule has 1 aromatic rings. The number of anilines is 1. The molecule has 1 heterocycles. The third kappa shape index (κ3) is 3.24. The quantitative estimate of drug-likeness (QED) is 0.886. The number of halogens is 1. The molecule has 4 heteroatoms. The molecule has 2 rings (SSSR count). The van der Waals surface area contributed by atoms with Crippen LogP contribution in [0.4, 0.5) is 10.2 Å². The van der Waals surface area contributed by atoms with Gasteiger partial charge in [0.05, 0.1) is 0 Å². The van der Waals surface area contributed by atoms with Crippen molar-refractivity contribution in [2.45, 2.75) is 51.6 Å². The number of pyridine rings is 1. The maximum atomic E-state index is 14.5. The summed E-state index contributed by atoms with van der Waals surface area (Å²) in [5.41, 5.74) is 0.696. The summed E-state index contributed by atoms with van der Waals surface area (Å²) in [7, 11) is 1.83. The van der Waals surface area contributed by atoms with Crippen molar-refractivity contribution in [3.05, 3.63) is 23.6 Å². The molecule has 1 aliphatic rings. The van der Waals surface area contributed by atoms with Crippen LogP contribution in [0.5, 0.6) is 0 Å². The highest BCUT2D eigenvalue weighted by Crippen LogP contribution is 2.28. The van der Waals surface area contributed by atoms with E-state index in [1.54, 1.807) is 12.3 Å². The predicted octanol–water partition coefficient (Wildman–Crippen LogP) is 3.10. The fraction of sp³-hybridized carbons (Fsp3) is 0.667. The first-order valence-electron chi connectivity index (χ1n) is 7.32. The molecule has 0 unspecified atom stereocenters. The molecule has 106 valence electrons. The van der Waals surface area contributed by atoms with Crippen LogP contribution < -0.4 is 10.2 Å². The van der Waals surface area contributed by atoms with Crippen molar-refractivity contribution in [3.8, 4) is 0 Å². The van der Waals surface area contributed by atoms with E-state index in [-0.39, 0.29) is 5.82 Å². The van der Waals surface area contributed by atoms with Crippen molar-refractivity contribution in [2.75, 3.05) is 18.5 Å². The van der Waals surface area contributed by atoms with Crippen LogP contribution in [0.15, 0.2) is 12.3 Å². The summed E-state index contributed by atoms with van der Waals surface area (Å²) in [6.07, 6.45) is 7.84. The van der Waals surface area contributed by atoms with E-state index in [4.69, 9.17) is 0 Å². The van der Waals surface area contributed by atoms with Gasteiger partial charge in [-0.3, -0.25) is 0 Å². The molecule has 0 bridgehead atoms. The van der Waals surface area contributed by atoms with E-state index in [9.17, 15) is 4.39 Å². The first-order chi connectivity index (χ1) is 9.27. The maximum Gasteiger partial charge on any atom is 0.170 e. The largest absolute Gasteiger partial charge is 0.351 e. The monoisotopic (exact) mass is 265 g/mol. The summed E-state index contributed by atoms with van der Waals surface area (Å²) in [6, 6.07) is 2.20. The minimum atomic E-state index is -0.163. The minimum Gasteiger partial charge on any atom is -0.351 e. The van der Waals surface area contributed by atoms with E-state index in [0.717, 1.165) is 19.4 Å². The van der Waals surface area contributed by atoms with Gasteiger partial charge in [-0.1, -0.05) is 19.3 Å². The van der Waals surface area contributed by atoms with Crippen molar-refractivity contribution in [3.63, 3.8) is 0 Å². The van der Waals surface area contributed by atoms with Gasteiger partial charge in [0.15, 0.2) is 11.6 Å². The zero-order valence-corrected chi connectivity index (χ0v) is 12.0. The number of hydrogen-bond acceptors (Lipinski definition) is 3. The fourth-order valence-electron chi connectivity index (χ4n) is 2.97. The van der Waals surface area contributed by atoms with E-state index in [1.165, 1.54) is 19.3 Å². The van der Waals surface area contributed by atoms with Crippen LogP contribution in [0.2, 0.25) is 0 Å². The highest BCUT2D eigenvalue weighted by molar-refractivity contribution is 5.44. The van der Waals surface area contributed by atoms with Crippen molar-refractivity contribution in [1.82, 2.24) is 10.3 Å². The van der Waals surface area contributed by atoms with Crippen LogP contribution in [0.25, 0.3) is 0 Å². The molecule has 0 amide bonds. The number of hydrogen-bond donors (Lipinski definition) is 1. The third-order valence-corrected chi connectivity index (χ3v) is 3.95. The average molecular weight is 265 g/mol. The first-order valence-corrected chi connectivity index (χ1v) is 7.32. The zero-order chi connectivity index (χ0) is 13.7. The Morgan fingerprint density at radius 1 is 1.37 bits per heavy atom. The standard InChI is InChI=1S/C15H24FN3/c1-3-19(13-7-5-4-6-8-13)15-14(16)12(11-17-2)9-10-18-15/h9-10,13,17H,3-8,11H2,1-2H3. The lowest BCUT2D eigenvalue weighted by atomic mass is 9.94. The first kappa shape index (κ1) is 14.3.